The first-order valence-electron chi connectivity index (χ1n) is 8.82. The minimum atomic E-state index is -0.531. The minimum Gasteiger partial charge on any atom is -0.444 e. The van der Waals surface area contributed by atoms with E-state index >= 15 is 0 Å². The van der Waals surface area contributed by atoms with E-state index in [1.54, 1.807) is 0 Å². The number of rotatable bonds is 4. The lowest BCUT2D eigenvalue weighted by molar-refractivity contribution is -0.142. The molecule has 0 aliphatic carbocycles. The second-order valence-corrected chi connectivity index (χ2v) is 7.60. The van der Waals surface area contributed by atoms with Crippen LogP contribution >= 0.6 is 0 Å². The predicted molar refractivity (Wildman–Crippen MR) is 90.8 cm³/mol. The molecule has 2 rings (SSSR count). The molecular formula is C17H31N3O4. The topological polar surface area (TPSA) is 71.1 Å². The van der Waals surface area contributed by atoms with Gasteiger partial charge in [-0.3, -0.25) is 4.79 Å². The molecule has 138 valence electrons. The van der Waals surface area contributed by atoms with E-state index in [9.17, 15) is 9.59 Å². The molecule has 0 radical (unpaired) electrons. The summed E-state index contributed by atoms with van der Waals surface area (Å²) < 4.78 is 10.8. The van der Waals surface area contributed by atoms with Crippen LogP contribution in [0.3, 0.4) is 0 Å². The van der Waals surface area contributed by atoms with Gasteiger partial charge in [-0.2, -0.15) is 0 Å². The quantitative estimate of drug-likeness (QED) is 0.833. The number of hydrogen-bond acceptors (Lipinski definition) is 5. The van der Waals surface area contributed by atoms with Gasteiger partial charge in [0.15, 0.2) is 0 Å². The summed E-state index contributed by atoms with van der Waals surface area (Å²) in [5.74, 6) is 0.0691. The number of hydrogen-bond donors (Lipinski definition) is 1. The van der Waals surface area contributed by atoms with Crippen LogP contribution in [0.4, 0.5) is 4.79 Å². The lowest BCUT2D eigenvalue weighted by Gasteiger charge is -2.41. The van der Waals surface area contributed by atoms with Crippen LogP contribution in [-0.4, -0.2) is 79.4 Å². The third kappa shape index (κ3) is 5.34. The standard InChI is InChI=1S/C17H31N3O4/c1-17(2,3)24-16(22)18-8-7-15(21)20-10-11-23-12-14(20)13-6-5-9-19(13)4/h13-14H,5-12H2,1-4H3,(H,18,22)/t13-,14-/m1/s1. The molecule has 0 aromatic heterocycles. The van der Waals surface area contributed by atoms with Crippen molar-refractivity contribution in [3.05, 3.63) is 0 Å². The fraction of sp³-hybridized carbons (Fsp3) is 0.882. The number of alkyl carbamates (subject to hydrolysis) is 1. The van der Waals surface area contributed by atoms with Crippen LogP contribution in [0.25, 0.3) is 0 Å². The molecule has 2 aliphatic rings. The molecule has 2 saturated heterocycles. The van der Waals surface area contributed by atoms with E-state index in [2.05, 4.69) is 17.3 Å². The molecule has 2 atom stereocenters. The Kier molecular flexibility index (Phi) is 6.46. The first-order chi connectivity index (χ1) is 11.3. The van der Waals surface area contributed by atoms with Gasteiger partial charge >= 0.3 is 6.09 Å². The van der Waals surface area contributed by atoms with Crippen LogP contribution in [0, 0.1) is 0 Å². The summed E-state index contributed by atoms with van der Waals surface area (Å²) >= 11 is 0. The van der Waals surface area contributed by atoms with Crippen molar-refractivity contribution in [2.75, 3.05) is 39.9 Å². The van der Waals surface area contributed by atoms with Gasteiger partial charge in [0.1, 0.15) is 5.60 Å². The minimum absolute atomic E-state index is 0.0691. The van der Waals surface area contributed by atoms with Gasteiger partial charge in [-0.05, 0) is 47.2 Å². The Hall–Kier alpha value is -1.34. The van der Waals surface area contributed by atoms with Crippen molar-refractivity contribution in [3.8, 4) is 0 Å². The molecule has 0 spiro atoms. The average Bonchev–Trinajstić information content (AvgIpc) is 2.91. The first-order valence-corrected chi connectivity index (χ1v) is 8.82. The summed E-state index contributed by atoms with van der Waals surface area (Å²) in [6.07, 6.45) is 2.07. The molecule has 2 fully saturated rings. The van der Waals surface area contributed by atoms with Crippen molar-refractivity contribution < 1.29 is 19.1 Å². The van der Waals surface area contributed by atoms with Gasteiger partial charge in [-0.25, -0.2) is 4.79 Å². The summed E-state index contributed by atoms with van der Waals surface area (Å²) in [5, 5.41) is 2.65. The highest BCUT2D eigenvalue weighted by Gasteiger charge is 2.37. The summed E-state index contributed by atoms with van der Waals surface area (Å²) in [7, 11) is 2.11. The van der Waals surface area contributed by atoms with Crippen LogP contribution < -0.4 is 5.32 Å². The molecular weight excluding hydrogens is 310 g/mol. The van der Waals surface area contributed by atoms with Crippen molar-refractivity contribution in [1.82, 2.24) is 15.1 Å². The fourth-order valence-electron chi connectivity index (χ4n) is 3.40. The second kappa shape index (κ2) is 8.16. The van der Waals surface area contributed by atoms with E-state index in [1.807, 2.05) is 25.7 Å². The number of nitrogens with zero attached hydrogens (tertiary/aromatic N) is 2. The van der Waals surface area contributed by atoms with E-state index in [-0.39, 0.29) is 18.4 Å². The zero-order valence-electron chi connectivity index (χ0n) is 15.3. The van der Waals surface area contributed by atoms with Crippen LogP contribution in [-0.2, 0) is 14.3 Å². The highest BCUT2D eigenvalue weighted by Crippen LogP contribution is 2.24. The normalized spacial score (nSPS) is 25.6. The largest absolute Gasteiger partial charge is 0.444 e. The Morgan fingerprint density at radius 3 is 2.62 bits per heavy atom. The van der Waals surface area contributed by atoms with Gasteiger partial charge in [0.05, 0.1) is 19.3 Å². The van der Waals surface area contributed by atoms with Gasteiger partial charge in [0.25, 0.3) is 0 Å². The maximum Gasteiger partial charge on any atom is 0.407 e. The molecule has 0 bridgehead atoms. The zero-order valence-corrected chi connectivity index (χ0v) is 15.3. The fourth-order valence-corrected chi connectivity index (χ4v) is 3.40. The van der Waals surface area contributed by atoms with Crippen molar-refractivity contribution in [1.29, 1.82) is 0 Å². The number of nitrogens with one attached hydrogen (secondary N) is 1. The van der Waals surface area contributed by atoms with Gasteiger partial charge in [0.2, 0.25) is 5.91 Å². The van der Waals surface area contributed by atoms with Crippen molar-refractivity contribution in [3.63, 3.8) is 0 Å². The van der Waals surface area contributed by atoms with E-state index in [0.29, 0.717) is 32.3 Å². The number of ether oxygens (including phenoxy) is 2. The summed E-state index contributed by atoms with van der Waals surface area (Å²) in [5.41, 5.74) is -0.531. The molecule has 2 amide bonds. The highest BCUT2D eigenvalue weighted by atomic mass is 16.6. The van der Waals surface area contributed by atoms with Gasteiger partial charge in [-0.1, -0.05) is 0 Å². The van der Waals surface area contributed by atoms with Crippen LogP contribution in [0.15, 0.2) is 0 Å². The van der Waals surface area contributed by atoms with Crippen LogP contribution in [0.1, 0.15) is 40.0 Å². The Labute approximate surface area is 144 Å². The second-order valence-electron chi connectivity index (χ2n) is 7.60. The summed E-state index contributed by atoms with van der Waals surface area (Å²) in [4.78, 5) is 28.5. The van der Waals surface area contributed by atoms with Crippen molar-refractivity contribution in [2.24, 2.45) is 0 Å². The van der Waals surface area contributed by atoms with Gasteiger partial charge in [-0.15, -0.1) is 0 Å². The third-order valence-electron chi connectivity index (χ3n) is 4.51. The number of likely N-dealkylation sites (tertiary alicyclic amines) is 1. The van der Waals surface area contributed by atoms with E-state index < -0.39 is 11.7 Å². The maximum atomic E-state index is 12.6. The predicted octanol–water partition coefficient (Wildman–Crippen LogP) is 1.22. The molecule has 2 heterocycles. The molecule has 24 heavy (non-hydrogen) atoms. The number of carbonyl (C=O) groups is 2. The SMILES string of the molecule is CN1CCC[C@@H]1[C@H]1COCCN1C(=O)CCNC(=O)OC(C)(C)C. The average molecular weight is 341 g/mol. The lowest BCUT2D eigenvalue weighted by Crippen LogP contribution is -2.57. The molecule has 2 aliphatic heterocycles. The zero-order chi connectivity index (χ0) is 17.7. The smallest absolute Gasteiger partial charge is 0.407 e. The maximum absolute atomic E-state index is 12.6. The molecule has 0 aromatic rings. The Morgan fingerprint density at radius 2 is 2.00 bits per heavy atom. The third-order valence-corrected chi connectivity index (χ3v) is 4.51. The van der Waals surface area contributed by atoms with Crippen molar-refractivity contribution >= 4 is 12.0 Å². The highest BCUT2D eigenvalue weighted by molar-refractivity contribution is 5.77. The van der Waals surface area contributed by atoms with Gasteiger partial charge < -0.3 is 24.6 Å². The van der Waals surface area contributed by atoms with Crippen LogP contribution in [0.2, 0.25) is 0 Å². The Morgan fingerprint density at radius 1 is 1.25 bits per heavy atom. The molecule has 1 N–H and O–H groups in total. The number of carbonyl (C=O) groups excluding carboxylic acids is 2. The Bertz CT molecular complexity index is 450. The van der Waals surface area contributed by atoms with E-state index in [0.717, 1.165) is 13.0 Å². The van der Waals surface area contributed by atoms with E-state index in [1.165, 1.54) is 6.42 Å². The summed E-state index contributed by atoms with van der Waals surface area (Å²) in [6, 6.07) is 0.480. The molecule has 7 nitrogen and oxygen atoms in total. The van der Waals surface area contributed by atoms with Crippen LogP contribution in [0.5, 0.6) is 0 Å². The summed E-state index contributed by atoms with van der Waals surface area (Å²) in [6.45, 7) is 8.61. The molecule has 0 aromatic carbocycles. The molecule has 0 saturated carbocycles. The van der Waals surface area contributed by atoms with Crippen molar-refractivity contribution in [2.45, 2.75) is 57.7 Å². The van der Waals surface area contributed by atoms with E-state index in [4.69, 9.17) is 9.47 Å². The molecule has 7 heteroatoms. The molecule has 0 unspecified atom stereocenters. The lowest BCUT2D eigenvalue weighted by atomic mass is 10.0. The number of amides is 2. The Balaban J connectivity index is 1.82. The number of likely N-dealkylation sites (N-methyl/N-ethyl adjacent to an activating group) is 1. The first kappa shape index (κ1) is 19.0. The van der Waals surface area contributed by atoms with Gasteiger partial charge in [0, 0.05) is 25.6 Å². The monoisotopic (exact) mass is 341 g/mol. The number of morpholine rings is 1.